The number of hydrogen-bond donors (Lipinski definition) is 2. The largest absolute Gasteiger partial charge is 0.324 e. The average Bonchev–Trinajstić information content (AvgIpc) is 2.07. The molecule has 3 heteroatoms. The highest BCUT2D eigenvalue weighted by molar-refractivity contribution is 5.85. The lowest BCUT2D eigenvalue weighted by molar-refractivity contribution is 0.922. The van der Waals surface area contributed by atoms with E-state index in [1.54, 1.807) is 0 Å². The molecule has 0 unspecified atom stereocenters. The van der Waals surface area contributed by atoms with E-state index in [4.69, 9.17) is 5.84 Å². The normalized spacial score (nSPS) is 8.83. The van der Waals surface area contributed by atoms with Gasteiger partial charge >= 0.3 is 0 Å². The summed E-state index contributed by atoms with van der Waals surface area (Å²) in [5, 5.41) is 0. The van der Waals surface area contributed by atoms with Gasteiger partial charge in [-0.2, -0.15) is 0 Å². The minimum Gasteiger partial charge on any atom is -0.324 e. The Bertz CT molecular complexity index is 208. The lowest BCUT2D eigenvalue weighted by atomic mass is 10.1. The van der Waals surface area contributed by atoms with E-state index in [0.717, 1.165) is 12.1 Å². The average molecular weight is 187 g/mol. The Morgan fingerprint density at radius 2 is 1.83 bits per heavy atom. The van der Waals surface area contributed by atoms with Gasteiger partial charge in [0.25, 0.3) is 0 Å². The molecular weight excluding hydrogens is 172 g/mol. The molecule has 0 atom stereocenters. The molecule has 0 aliphatic heterocycles. The summed E-state index contributed by atoms with van der Waals surface area (Å²) in [6.07, 6.45) is 2.33. The zero-order chi connectivity index (χ0) is 8.10. The first-order valence-corrected chi connectivity index (χ1v) is 3.92. The van der Waals surface area contributed by atoms with E-state index in [1.807, 2.05) is 12.1 Å². The minimum absolute atomic E-state index is 0. The molecule has 1 rings (SSSR count). The van der Waals surface area contributed by atoms with E-state index in [9.17, 15) is 0 Å². The van der Waals surface area contributed by atoms with Crippen LogP contribution in [0.15, 0.2) is 24.3 Å². The van der Waals surface area contributed by atoms with Crippen molar-refractivity contribution in [2.45, 2.75) is 19.8 Å². The molecule has 0 amide bonds. The molecule has 0 heterocycles. The second-order valence-corrected chi connectivity index (χ2v) is 2.59. The quantitative estimate of drug-likeness (QED) is 0.562. The highest BCUT2D eigenvalue weighted by atomic mass is 35.5. The topological polar surface area (TPSA) is 38.0 Å². The predicted octanol–water partition coefficient (Wildman–Crippen LogP) is 2.35. The number of benzene rings is 1. The Morgan fingerprint density at radius 1 is 1.25 bits per heavy atom. The van der Waals surface area contributed by atoms with Gasteiger partial charge < -0.3 is 5.43 Å². The summed E-state index contributed by atoms with van der Waals surface area (Å²) in [5.74, 6) is 5.22. The van der Waals surface area contributed by atoms with E-state index in [2.05, 4.69) is 24.5 Å². The van der Waals surface area contributed by atoms with E-state index >= 15 is 0 Å². The Balaban J connectivity index is 0.00000121. The molecule has 0 bridgehead atoms. The lowest BCUT2D eigenvalue weighted by Crippen LogP contribution is -2.06. The van der Waals surface area contributed by atoms with Crippen molar-refractivity contribution in [3.8, 4) is 0 Å². The summed E-state index contributed by atoms with van der Waals surface area (Å²) in [5.41, 5.74) is 4.93. The van der Waals surface area contributed by atoms with Crippen LogP contribution in [-0.4, -0.2) is 0 Å². The second-order valence-electron chi connectivity index (χ2n) is 2.59. The monoisotopic (exact) mass is 186 g/mol. The van der Waals surface area contributed by atoms with Crippen LogP contribution in [0.2, 0.25) is 0 Å². The Labute approximate surface area is 79.5 Å². The fraction of sp³-hybridized carbons (Fsp3) is 0.333. The fourth-order valence-electron chi connectivity index (χ4n) is 1.06. The van der Waals surface area contributed by atoms with Crippen molar-refractivity contribution < 1.29 is 0 Å². The molecule has 0 aliphatic carbocycles. The number of halogens is 1. The highest BCUT2D eigenvalue weighted by Crippen LogP contribution is 2.08. The van der Waals surface area contributed by atoms with Gasteiger partial charge in [-0.1, -0.05) is 25.5 Å². The summed E-state index contributed by atoms with van der Waals surface area (Å²) >= 11 is 0. The third kappa shape index (κ3) is 3.11. The van der Waals surface area contributed by atoms with E-state index in [1.165, 1.54) is 12.0 Å². The Kier molecular flexibility index (Phi) is 5.51. The molecule has 0 fully saturated rings. The second kappa shape index (κ2) is 5.86. The molecule has 3 N–H and O–H groups in total. The van der Waals surface area contributed by atoms with Crippen LogP contribution in [0.3, 0.4) is 0 Å². The van der Waals surface area contributed by atoms with Crippen LogP contribution in [0, 0.1) is 0 Å². The first-order chi connectivity index (χ1) is 5.36. The molecule has 0 spiro atoms. The summed E-state index contributed by atoms with van der Waals surface area (Å²) in [6, 6.07) is 8.17. The first-order valence-electron chi connectivity index (χ1n) is 3.92. The van der Waals surface area contributed by atoms with E-state index in [-0.39, 0.29) is 12.4 Å². The summed E-state index contributed by atoms with van der Waals surface area (Å²) < 4.78 is 0. The maximum Gasteiger partial charge on any atom is 0.0485 e. The van der Waals surface area contributed by atoms with Crippen LogP contribution in [0.1, 0.15) is 18.9 Å². The summed E-state index contributed by atoms with van der Waals surface area (Å²) in [7, 11) is 0. The molecule has 0 aliphatic rings. The van der Waals surface area contributed by atoms with Gasteiger partial charge in [0.15, 0.2) is 0 Å². The molecule has 0 saturated heterocycles. The van der Waals surface area contributed by atoms with Gasteiger partial charge in [-0.3, -0.25) is 5.84 Å². The summed E-state index contributed by atoms with van der Waals surface area (Å²) in [4.78, 5) is 0. The SMILES string of the molecule is CCCc1ccc(NN)cc1.Cl. The van der Waals surface area contributed by atoms with Crippen LogP contribution in [0.5, 0.6) is 0 Å². The van der Waals surface area contributed by atoms with Crippen molar-refractivity contribution in [2.24, 2.45) is 5.84 Å². The Morgan fingerprint density at radius 3 is 2.25 bits per heavy atom. The molecule has 2 nitrogen and oxygen atoms in total. The van der Waals surface area contributed by atoms with Gasteiger partial charge in [0.2, 0.25) is 0 Å². The van der Waals surface area contributed by atoms with Crippen molar-refractivity contribution in [1.82, 2.24) is 0 Å². The van der Waals surface area contributed by atoms with Crippen molar-refractivity contribution in [3.63, 3.8) is 0 Å². The van der Waals surface area contributed by atoms with Crippen molar-refractivity contribution in [2.75, 3.05) is 5.43 Å². The van der Waals surface area contributed by atoms with Crippen molar-refractivity contribution in [1.29, 1.82) is 0 Å². The fourth-order valence-corrected chi connectivity index (χ4v) is 1.06. The van der Waals surface area contributed by atoms with Crippen LogP contribution in [0.25, 0.3) is 0 Å². The number of nitrogens with one attached hydrogen (secondary N) is 1. The van der Waals surface area contributed by atoms with Gasteiger partial charge in [-0.15, -0.1) is 12.4 Å². The highest BCUT2D eigenvalue weighted by Gasteiger charge is 1.90. The molecule has 1 aromatic carbocycles. The zero-order valence-corrected chi connectivity index (χ0v) is 8.03. The third-order valence-corrected chi connectivity index (χ3v) is 1.66. The van der Waals surface area contributed by atoms with Gasteiger partial charge in [0, 0.05) is 5.69 Å². The number of aryl methyl sites for hydroxylation is 1. The maximum atomic E-state index is 5.22. The van der Waals surface area contributed by atoms with Crippen LogP contribution in [0.4, 0.5) is 5.69 Å². The number of nitrogens with two attached hydrogens (primary N) is 1. The smallest absolute Gasteiger partial charge is 0.0485 e. The van der Waals surface area contributed by atoms with E-state index in [0.29, 0.717) is 0 Å². The number of hydrazine groups is 1. The first kappa shape index (κ1) is 11.3. The number of hydrogen-bond acceptors (Lipinski definition) is 2. The van der Waals surface area contributed by atoms with Gasteiger partial charge in [-0.05, 0) is 24.1 Å². The van der Waals surface area contributed by atoms with Gasteiger partial charge in [0.05, 0.1) is 0 Å². The molecule has 0 aromatic heterocycles. The standard InChI is InChI=1S/C9H14N2.ClH/c1-2-3-8-4-6-9(11-10)7-5-8;/h4-7,11H,2-3,10H2,1H3;1H. The lowest BCUT2D eigenvalue weighted by Gasteiger charge is -2.00. The molecule has 0 radical (unpaired) electrons. The molecule has 1 aromatic rings. The van der Waals surface area contributed by atoms with E-state index < -0.39 is 0 Å². The van der Waals surface area contributed by atoms with Crippen molar-refractivity contribution in [3.05, 3.63) is 29.8 Å². The molecule has 68 valence electrons. The van der Waals surface area contributed by atoms with Gasteiger partial charge in [0.1, 0.15) is 0 Å². The minimum atomic E-state index is 0. The zero-order valence-electron chi connectivity index (χ0n) is 7.21. The van der Waals surface area contributed by atoms with Gasteiger partial charge in [-0.25, -0.2) is 0 Å². The third-order valence-electron chi connectivity index (χ3n) is 1.66. The molecular formula is C9H15ClN2. The predicted molar refractivity (Wildman–Crippen MR) is 55.5 cm³/mol. The van der Waals surface area contributed by atoms with Crippen LogP contribution >= 0.6 is 12.4 Å². The molecule has 0 saturated carbocycles. The maximum absolute atomic E-state index is 5.22. The Hall–Kier alpha value is -0.730. The van der Waals surface area contributed by atoms with Crippen molar-refractivity contribution >= 4 is 18.1 Å². The van der Waals surface area contributed by atoms with Crippen LogP contribution in [-0.2, 0) is 6.42 Å². The molecule has 12 heavy (non-hydrogen) atoms. The number of anilines is 1. The number of rotatable bonds is 3. The summed E-state index contributed by atoms with van der Waals surface area (Å²) in [6.45, 7) is 2.18. The van der Waals surface area contributed by atoms with Crippen LogP contribution < -0.4 is 11.3 Å². The number of nitrogen functional groups attached to an aromatic ring is 1.